The Morgan fingerprint density at radius 2 is 2.11 bits per heavy atom. The van der Waals surface area contributed by atoms with Crippen molar-refractivity contribution in [3.8, 4) is 0 Å². The summed E-state index contributed by atoms with van der Waals surface area (Å²) in [5.41, 5.74) is 5.85. The Morgan fingerprint density at radius 1 is 1.39 bits per heavy atom. The number of piperazine rings is 1. The highest BCUT2D eigenvalue weighted by Gasteiger charge is 2.19. The molecule has 2 heterocycles. The SMILES string of the molecule is COCC(N)Cc1nc(N2CCN(C)CC2)no1. The number of likely N-dealkylation sites (N-methyl/N-ethyl adjacent to an activating group) is 1. The highest BCUT2D eigenvalue weighted by atomic mass is 16.5. The van der Waals surface area contributed by atoms with Crippen molar-refractivity contribution < 1.29 is 9.26 Å². The lowest BCUT2D eigenvalue weighted by molar-refractivity contribution is 0.176. The molecule has 0 saturated carbocycles. The number of nitrogens with zero attached hydrogens (tertiary/aromatic N) is 4. The van der Waals surface area contributed by atoms with Crippen LogP contribution in [0.5, 0.6) is 0 Å². The molecule has 1 atom stereocenters. The molecular formula is C11H21N5O2. The molecule has 1 aliphatic rings. The van der Waals surface area contributed by atoms with Crippen molar-refractivity contribution in [1.82, 2.24) is 15.0 Å². The van der Waals surface area contributed by atoms with Crippen LogP contribution in [0.1, 0.15) is 5.89 Å². The third-order valence-corrected chi connectivity index (χ3v) is 3.06. The van der Waals surface area contributed by atoms with Crippen LogP contribution in [0.25, 0.3) is 0 Å². The van der Waals surface area contributed by atoms with Crippen molar-refractivity contribution in [3.05, 3.63) is 5.89 Å². The van der Waals surface area contributed by atoms with Crippen molar-refractivity contribution >= 4 is 5.95 Å². The van der Waals surface area contributed by atoms with Gasteiger partial charge >= 0.3 is 0 Å². The molecule has 2 N–H and O–H groups in total. The maximum atomic E-state index is 5.85. The number of nitrogens with two attached hydrogens (primary N) is 1. The summed E-state index contributed by atoms with van der Waals surface area (Å²) in [6.07, 6.45) is 0.550. The average Bonchev–Trinajstić information content (AvgIpc) is 2.78. The maximum Gasteiger partial charge on any atom is 0.266 e. The smallest absolute Gasteiger partial charge is 0.266 e. The van der Waals surface area contributed by atoms with E-state index in [0.717, 1.165) is 26.2 Å². The van der Waals surface area contributed by atoms with Gasteiger partial charge in [-0.3, -0.25) is 0 Å². The van der Waals surface area contributed by atoms with Gasteiger partial charge in [0.1, 0.15) is 0 Å². The zero-order valence-electron chi connectivity index (χ0n) is 11.0. The Morgan fingerprint density at radius 3 is 2.78 bits per heavy atom. The van der Waals surface area contributed by atoms with Crippen LogP contribution >= 0.6 is 0 Å². The summed E-state index contributed by atoms with van der Waals surface area (Å²) >= 11 is 0. The second-order valence-electron chi connectivity index (χ2n) is 4.70. The summed E-state index contributed by atoms with van der Waals surface area (Å²) in [6, 6.07) is -0.101. The van der Waals surface area contributed by atoms with Gasteiger partial charge in [0.15, 0.2) is 0 Å². The molecule has 0 radical (unpaired) electrons. The molecule has 0 amide bonds. The Bertz CT molecular complexity index is 362. The molecule has 0 bridgehead atoms. The fourth-order valence-electron chi connectivity index (χ4n) is 1.96. The van der Waals surface area contributed by atoms with Gasteiger partial charge in [-0.2, -0.15) is 4.98 Å². The van der Waals surface area contributed by atoms with Gasteiger partial charge < -0.3 is 24.8 Å². The lowest BCUT2D eigenvalue weighted by Crippen LogP contribution is -2.44. The third-order valence-electron chi connectivity index (χ3n) is 3.06. The molecule has 7 heteroatoms. The molecule has 2 rings (SSSR count). The van der Waals surface area contributed by atoms with E-state index in [9.17, 15) is 0 Å². The van der Waals surface area contributed by atoms with E-state index in [-0.39, 0.29) is 6.04 Å². The van der Waals surface area contributed by atoms with Crippen LogP contribution in [0.4, 0.5) is 5.95 Å². The Kier molecular flexibility index (Phi) is 4.51. The second-order valence-corrected chi connectivity index (χ2v) is 4.70. The number of hydrogen-bond acceptors (Lipinski definition) is 7. The summed E-state index contributed by atoms with van der Waals surface area (Å²) in [4.78, 5) is 8.79. The lowest BCUT2D eigenvalue weighted by atomic mass is 10.2. The zero-order chi connectivity index (χ0) is 13.0. The van der Waals surface area contributed by atoms with Gasteiger partial charge in [0.2, 0.25) is 5.89 Å². The lowest BCUT2D eigenvalue weighted by Gasteiger charge is -2.31. The summed E-state index contributed by atoms with van der Waals surface area (Å²) in [5, 5.41) is 4.00. The Labute approximate surface area is 107 Å². The minimum atomic E-state index is -0.101. The summed E-state index contributed by atoms with van der Waals surface area (Å²) in [5.74, 6) is 1.25. The predicted octanol–water partition coefficient (Wildman–Crippen LogP) is -0.662. The van der Waals surface area contributed by atoms with Gasteiger partial charge in [0, 0.05) is 45.8 Å². The van der Waals surface area contributed by atoms with Gasteiger partial charge in [0.25, 0.3) is 5.95 Å². The number of anilines is 1. The first-order valence-electron chi connectivity index (χ1n) is 6.19. The van der Waals surface area contributed by atoms with Crippen LogP contribution in [0.2, 0.25) is 0 Å². The standard InChI is InChI=1S/C11H21N5O2/c1-15-3-5-16(6-4-15)11-13-10(18-14-11)7-9(12)8-17-2/h9H,3-8,12H2,1-2H3. The molecule has 0 aliphatic carbocycles. The molecule has 1 fully saturated rings. The van der Waals surface area contributed by atoms with Crippen molar-refractivity contribution in [2.24, 2.45) is 5.73 Å². The molecule has 102 valence electrons. The highest BCUT2D eigenvalue weighted by molar-refractivity contribution is 5.28. The highest BCUT2D eigenvalue weighted by Crippen LogP contribution is 2.12. The first-order chi connectivity index (χ1) is 8.69. The normalized spacial score (nSPS) is 19.2. The molecule has 0 spiro atoms. The van der Waals surface area contributed by atoms with Crippen molar-refractivity contribution in [3.63, 3.8) is 0 Å². The number of ether oxygens (including phenoxy) is 1. The van der Waals surface area contributed by atoms with Crippen molar-refractivity contribution in [2.45, 2.75) is 12.5 Å². The van der Waals surface area contributed by atoms with E-state index in [4.69, 9.17) is 15.0 Å². The molecule has 0 aromatic carbocycles. The molecule has 1 aromatic rings. The first kappa shape index (κ1) is 13.3. The average molecular weight is 255 g/mol. The van der Waals surface area contributed by atoms with Crippen LogP contribution in [0.15, 0.2) is 4.52 Å². The topological polar surface area (TPSA) is 80.7 Å². The Balaban J connectivity index is 1.89. The predicted molar refractivity (Wildman–Crippen MR) is 67.6 cm³/mol. The van der Waals surface area contributed by atoms with Gasteiger partial charge in [0.05, 0.1) is 6.61 Å². The van der Waals surface area contributed by atoms with E-state index in [1.165, 1.54) is 0 Å². The Hall–Kier alpha value is -1.18. The van der Waals surface area contributed by atoms with Gasteiger partial charge in [-0.25, -0.2) is 0 Å². The summed E-state index contributed by atoms with van der Waals surface area (Å²) < 4.78 is 10.2. The minimum Gasteiger partial charge on any atom is -0.383 e. The molecule has 1 aromatic heterocycles. The molecule has 18 heavy (non-hydrogen) atoms. The fourth-order valence-corrected chi connectivity index (χ4v) is 1.96. The largest absolute Gasteiger partial charge is 0.383 e. The van der Waals surface area contributed by atoms with Crippen LogP contribution in [-0.2, 0) is 11.2 Å². The second kappa shape index (κ2) is 6.12. The summed E-state index contributed by atoms with van der Waals surface area (Å²) in [7, 11) is 3.74. The quantitative estimate of drug-likeness (QED) is 0.748. The van der Waals surface area contributed by atoms with Gasteiger partial charge in [-0.15, -0.1) is 0 Å². The molecular weight excluding hydrogens is 234 g/mol. The van der Waals surface area contributed by atoms with E-state index in [1.807, 2.05) is 0 Å². The monoisotopic (exact) mass is 255 g/mol. The van der Waals surface area contributed by atoms with E-state index >= 15 is 0 Å². The van der Waals surface area contributed by atoms with E-state index in [0.29, 0.717) is 24.9 Å². The first-order valence-corrected chi connectivity index (χ1v) is 6.19. The van der Waals surface area contributed by atoms with E-state index in [2.05, 4.69) is 27.0 Å². The van der Waals surface area contributed by atoms with E-state index < -0.39 is 0 Å². The fraction of sp³-hybridized carbons (Fsp3) is 0.818. The molecule has 1 saturated heterocycles. The zero-order valence-corrected chi connectivity index (χ0v) is 11.0. The van der Waals surface area contributed by atoms with Crippen LogP contribution < -0.4 is 10.6 Å². The van der Waals surface area contributed by atoms with E-state index in [1.54, 1.807) is 7.11 Å². The van der Waals surface area contributed by atoms with Crippen molar-refractivity contribution in [2.75, 3.05) is 51.8 Å². The van der Waals surface area contributed by atoms with Gasteiger partial charge in [-0.05, 0) is 12.2 Å². The number of aromatic nitrogens is 2. The van der Waals surface area contributed by atoms with Crippen LogP contribution in [0.3, 0.4) is 0 Å². The maximum absolute atomic E-state index is 5.85. The summed E-state index contributed by atoms with van der Waals surface area (Å²) in [6.45, 7) is 4.39. The minimum absolute atomic E-state index is 0.101. The van der Waals surface area contributed by atoms with Crippen LogP contribution in [-0.4, -0.2) is 68.0 Å². The number of hydrogen-bond donors (Lipinski definition) is 1. The number of methoxy groups -OCH3 is 1. The molecule has 7 nitrogen and oxygen atoms in total. The van der Waals surface area contributed by atoms with Crippen molar-refractivity contribution in [1.29, 1.82) is 0 Å². The number of rotatable bonds is 5. The third kappa shape index (κ3) is 3.41. The van der Waals surface area contributed by atoms with Crippen LogP contribution in [0, 0.1) is 0 Å². The molecule has 1 unspecified atom stereocenters. The molecule has 1 aliphatic heterocycles. The van der Waals surface area contributed by atoms with Gasteiger partial charge in [-0.1, -0.05) is 0 Å².